The molecule has 0 spiro atoms. The Morgan fingerprint density at radius 3 is 2.55 bits per heavy atom. The first-order valence-electron chi connectivity index (χ1n) is 6.41. The number of ether oxygens (including phenoxy) is 2. The van der Waals surface area contributed by atoms with Gasteiger partial charge in [0.2, 0.25) is 5.78 Å². The lowest BCUT2D eigenvalue weighted by Gasteiger charge is -2.09. The van der Waals surface area contributed by atoms with Crippen LogP contribution in [-0.2, 0) is 4.74 Å². The molecular weight excluding hydrogens is 306 g/mol. The van der Waals surface area contributed by atoms with Gasteiger partial charge in [-0.25, -0.2) is 4.79 Å². The summed E-state index contributed by atoms with van der Waals surface area (Å²) in [7, 11) is 1.46. The first kappa shape index (κ1) is 15.9. The molecule has 2 aromatic carbocycles. The molecule has 2 rings (SSSR count). The number of hydrogen-bond acceptors (Lipinski definition) is 5. The zero-order valence-corrected chi connectivity index (χ0v) is 12.6. The van der Waals surface area contributed by atoms with Crippen LogP contribution in [0.25, 0.3) is 0 Å². The number of esters is 1. The third-order valence-corrected chi connectivity index (χ3v) is 3.21. The molecule has 0 bridgehead atoms. The minimum absolute atomic E-state index is 0.164. The smallest absolute Gasteiger partial charge is 0.340 e. The van der Waals surface area contributed by atoms with Crippen LogP contribution >= 0.6 is 11.6 Å². The summed E-state index contributed by atoms with van der Waals surface area (Å²) in [6.45, 7) is -0.402. The summed E-state index contributed by atoms with van der Waals surface area (Å²) in [5.41, 5.74) is 6.40. The van der Waals surface area contributed by atoms with Crippen LogP contribution < -0.4 is 10.5 Å². The summed E-state index contributed by atoms with van der Waals surface area (Å²) in [5, 5.41) is 0.416. The number of methoxy groups -OCH3 is 1. The standard InChI is InChI=1S/C16H14ClNO4/c1-21-15-5-3-2-4-12(15)14(19)9-22-16(20)11-7-6-10(17)8-13(11)18/h2-8H,9,18H2,1H3. The van der Waals surface area contributed by atoms with Gasteiger partial charge in [-0.2, -0.15) is 0 Å². The number of benzene rings is 2. The van der Waals surface area contributed by atoms with E-state index in [0.29, 0.717) is 16.3 Å². The van der Waals surface area contributed by atoms with E-state index < -0.39 is 12.6 Å². The van der Waals surface area contributed by atoms with Gasteiger partial charge in [0.15, 0.2) is 6.61 Å². The summed E-state index contributed by atoms with van der Waals surface area (Å²) >= 11 is 5.76. The Labute approximate surface area is 132 Å². The van der Waals surface area contributed by atoms with Crippen LogP contribution in [-0.4, -0.2) is 25.5 Å². The van der Waals surface area contributed by atoms with Gasteiger partial charge in [-0.3, -0.25) is 4.79 Å². The highest BCUT2D eigenvalue weighted by Crippen LogP contribution is 2.20. The van der Waals surface area contributed by atoms with Gasteiger partial charge in [-0.15, -0.1) is 0 Å². The van der Waals surface area contributed by atoms with Crippen molar-refractivity contribution in [2.75, 3.05) is 19.5 Å². The Hall–Kier alpha value is -2.53. The highest BCUT2D eigenvalue weighted by molar-refractivity contribution is 6.31. The number of ketones is 1. The summed E-state index contributed by atoms with van der Waals surface area (Å²) in [6.07, 6.45) is 0. The Kier molecular flexibility index (Phi) is 5.01. The summed E-state index contributed by atoms with van der Waals surface area (Å²) < 4.78 is 10.1. The van der Waals surface area contributed by atoms with Crippen LogP contribution in [0.4, 0.5) is 5.69 Å². The number of nitrogen functional groups attached to an aromatic ring is 1. The lowest BCUT2D eigenvalue weighted by Crippen LogP contribution is -2.16. The molecule has 2 N–H and O–H groups in total. The number of nitrogens with two attached hydrogens (primary N) is 1. The zero-order valence-electron chi connectivity index (χ0n) is 11.8. The fourth-order valence-electron chi connectivity index (χ4n) is 1.88. The van der Waals surface area contributed by atoms with Crippen LogP contribution in [0.5, 0.6) is 5.75 Å². The zero-order chi connectivity index (χ0) is 16.1. The van der Waals surface area contributed by atoms with E-state index in [-0.39, 0.29) is 17.0 Å². The lowest BCUT2D eigenvalue weighted by atomic mass is 10.1. The molecular formula is C16H14ClNO4. The second-order valence-electron chi connectivity index (χ2n) is 4.43. The molecule has 5 nitrogen and oxygen atoms in total. The first-order valence-corrected chi connectivity index (χ1v) is 6.79. The van der Waals surface area contributed by atoms with Gasteiger partial charge in [-0.05, 0) is 30.3 Å². The van der Waals surface area contributed by atoms with Crippen molar-refractivity contribution in [2.45, 2.75) is 0 Å². The van der Waals surface area contributed by atoms with Gasteiger partial charge < -0.3 is 15.2 Å². The van der Waals surface area contributed by atoms with Crippen LogP contribution in [0.2, 0.25) is 5.02 Å². The van der Waals surface area contributed by atoms with E-state index in [2.05, 4.69) is 0 Å². The average molecular weight is 320 g/mol. The third-order valence-electron chi connectivity index (χ3n) is 2.98. The average Bonchev–Trinajstić information content (AvgIpc) is 2.52. The summed E-state index contributed by atoms with van der Waals surface area (Å²) in [6, 6.07) is 11.1. The molecule has 0 aromatic heterocycles. The van der Waals surface area contributed by atoms with Crippen molar-refractivity contribution >= 4 is 29.0 Å². The summed E-state index contributed by atoms with van der Waals surface area (Å²) in [5.74, 6) is -0.620. The van der Waals surface area contributed by atoms with Crippen molar-refractivity contribution in [2.24, 2.45) is 0 Å². The minimum atomic E-state index is -0.683. The van der Waals surface area contributed by atoms with E-state index in [4.69, 9.17) is 26.8 Å². The van der Waals surface area contributed by atoms with Crippen molar-refractivity contribution in [1.82, 2.24) is 0 Å². The van der Waals surface area contributed by atoms with Crippen LogP contribution in [0.15, 0.2) is 42.5 Å². The van der Waals surface area contributed by atoms with Gasteiger partial charge in [0.05, 0.1) is 18.2 Å². The van der Waals surface area contributed by atoms with E-state index in [1.807, 2.05) is 0 Å². The fourth-order valence-corrected chi connectivity index (χ4v) is 2.06. The van der Waals surface area contributed by atoms with Crippen molar-refractivity contribution in [3.63, 3.8) is 0 Å². The largest absolute Gasteiger partial charge is 0.496 e. The third kappa shape index (κ3) is 3.56. The Morgan fingerprint density at radius 1 is 1.14 bits per heavy atom. The van der Waals surface area contributed by atoms with Crippen molar-refractivity contribution in [1.29, 1.82) is 0 Å². The highest BCUT2D eigenvalue weighted by atomic mass is 35.5. The number of Topliss-reactive ketones (excluding diaryl/α,β-unsaturated/α-hetero) is 1. The van der Waals surface area contributed by atoms with Crippen LogP contribution in [0, 0.1) is 0 Å². The van der Waals surface area contributed by atoms with Gasteiger partial charge in [0.1, 0.15) is 5.75 Å². The molecule has 0 heterocycles. The molecule has 0 aliphatic rings. The monoisotopic (exact) mass is 319 g/mol. The lowest BCUT2D eigenvalue weighted by molar-refractivity contribution is 0.0475. The minimum Gasteiger partial charge on any atom is -0.496 e. The van der Waals surface area contributed by atoms with Crippen molar-refractivity contribution < 1.29 is 19.1 Å². The Balaban J connectivity index is 2.06. The van der Waals surface area contributed by atoms with E-state index >= 15 is 0 Å². The second-order valence-corrected chi connectivity index (χ2v) is 4.87. The second kappa shape index (κ2) is 6.95. The predicted molar refractivity (Wildman–Crippen MR) is 83.5 cm³/mol. The molecule has 0 unspecified atom stereocenters. The topological polar surface area (TPSA) is 78.6 Å². The van der Waals surface area contributed by atoms with Crippen LogP contribution in [0.3, 0.4) is 0 Å². The molecule has 0 aliphatic carbocycles. The molecule has 0 atom stereocenters. The molecule has 0 radical (unpaired) electrons. The molecule has 0 amide bonds. The van der Waals surface area contributed by atoms with Gasteiger partial charge >= 0.3 is 5.97 Å². The van der Waals surface area contributed by atoms with Crippen LogP contribution in [0.1, 0.15) is 20.7 Å². The van der Waals surface area contributed by atoms with E-state index in [0.717, 1.165) is 0 Å². The number of hydrogen-bond donors (Lipinski definition) is 1. The maximum absolute atomic E-state index is 12.1. The first-order chi connectivity index (χ1) is 10.5. The van der Waals surface area contributed by atoms with Crippen molar-refractivity contribution in [3.05, 3.63) is 58.6 Å². The Morgan fingerprint density at radius 2 is 1.86 bits per heavy atom. The SMILES string of the molecule is COc1ccccc1C(=O)COC(=O)c1ccc(Cl)cc1N. The highest BCUT2D eigenvalue weighted by Gasteiger charge is 2.16. The molecule has 0 saturated carbocycles. The molecule has 0 saturated heterocycles. The maximum Gasteiger partial charge on any atom is 0.340 e. The number of para-hydroxylation sites is 1. The molecule has 6 heteroatoms. The number of halogens is 1. The van der Waals surface area contributed by atoms with Gasteiger partial charge in [0.25, 0.3) is 0 Å². The van der Waals surface area contributed by atoms with E-state index in [9.17, 15) is 9.59 Å². The van der Waals surface area contributed by atoms with E-state index in [1.165, 1.54) is 25.3 Å². The van der Waals surface area contributed by atoms with Gasteiger partial charge in [0, 0.05) is 10.7 Å². The molecule has 0 aliphatic heterocycles. The summed E-state index contributed by atoms with van der Waals surface area (Å²) in [4.78, 5) is 24.0. The quantitative estimate of drug-likeness (QED) is 0.520. The molecule has 22 heavy (non-hydrogen) atoms. The normalized spacial score (nSPS) is 10.1. The maximum atomic E-state index is 12.1. The molecule has 114 valence electrons. The van der Waals surface area contributed by atoms with E-state index in [1.54, 1.807) is 24.3 Å². The van der Waals surface area contributed by atoms with Gasteiger partial charge in [-0.1, -0.05) is 23.7 Å². The number of carbonyl (C=O) groups excluding carboxylic acids is 2. The Bertz CT molecular complexity index is 715. The number of carbonyl (C=O) groups is 2. The number of anilines is 1. The number of rotatable bonds is 5. The molecule has 0 fully saturated rings. The van der Waals surface area contributed by atoms with Crippen molar-refractivity contribution in [3.8, 4) is 5.75 Å². The molecule has 2 aromatic rings. The fraction of sp³-hybridized carbons (Fsp3) is 0.125. The predicted octanol–water partition coefficient (Wildman–Crippen LogP) is 2.97.